The van der Waals surface area contributed by atoms with Crippen molar-refractivity contribution in [3.05, 3.63) is 23.8 Å². The molecule has 6 heteroatoms. The first kappa shape index (κ1) is 13.5. The topological polar surface area (TPSA) is 55.7 Å². The molecule has 0 saturated carbocycles. The Bertz CT molecular complexity index is 620. The summed E-state index contributed by atoms with van der Waals surface area (Å²) < 4.78 is 6.40. The molecule has 106 valence electrons. The van der Waals surface area contributed by atoms with Gasteiger partial charge in [-0.1, -0.05) is 17.4 Å². The molecule has 0 aliphatic carbocycles. The van der Waals surface area contributed by atoms with E-state index in [0.29, 0.717) is 11.7 Å². The van der Waals surface area contributed by atoms with E-state index in [1.54, 1.807) is 0 Å². The number of carbonyl (C=O) groups is 1. The van der Waals surface area contributed by atoms with Crippen molar-refractivity contribution >= 4 is 32.6 Å². The number of aryl methyl sites for hydroxylation is 1. The normalized spacial score (nSPS) is 16.4. The van der Waals surface area contributed by atoms with Crippen molar-refractivity contribution in [2.75, 3.05) is 38.2 Å². The number of aromatic nitrogens is 1. The summed E-state index contributed by atoms with van der Waals surface area (Å²) in [5.41, 5.74) is 2.14. The monoisotopic (exact) mass is 292 g/mol. The van der Waals surface area contributed by atoms with Gasteiger partial charge in [-0.15, -0.1) is 0 Å². The Morgan fingerprint density at radius 2 is 2.25 bits per heavy atom. The number of amides is 1. The van der Waals surface area contributed by atoms with Gasteiger partial charge in [0, 0.05) is 0 Å². The maximum atomic E-state index is 12.0. The van der Waals surface area contributed by atoms with Crippen LogP contribution in [0.25, 0.3) is 10.2 Å². The zero-order valence-corrected chi connectivity index (χ0v) is 12.3. The number of thiazole rings is 1. The number of hydrogen-bond donors (Lipinski definition) is 2. The van der Waals surface area contributed by atoms with Gasteiger partial charge in [-0.25, -0.2) is 4.98 Å². The summed E-state index contributed by atoms with van der Waals surface area (Å²) in [6.45, 7) is 5.81. The van der Waals surface area contributed by atoms with E-state index in [9.17, 15) is 4.79 Å². The Balaban J connectivity index is 1.64. The highest BCUT2D eigenvalue weighted by molar-refractivity contribution is 7.22. The van der Waals surface area contributed by atoms with Gasteiger partial charge in [0.2, 0.25) is 0 Å². The van der Waals surface area contributed by atoms with Gasteiger partial charge in [0.15, 0.2) is 11.7 Å². The molecule has 3 rings (SSSR count). The van der Waals surface area contributed by atoms with Crippen molar-refractivity contribution in [2.24, 2.45) is 0 Å². The van der Waals surface area contributed by atoms with Crippen LogP contribution in [0.4, 0.5) is 5.13 Å². The lowest BCUT2D eigenvalue weighted by Gasteiger charge is -2.22. The number of hydrogen-bond acceptors (Lipinski definition) is 4. The first-order chi connectivity index (χ1) is 9.70. The van der Waals surface area contributed by atoms with Crippen molar-refractivity contribution in [1.82, 2.24) is 4.98 Å². The fourth-order valence-electron chi connectivity index (χ4n) is 2.31. The first-order valence-corrected chi connectivity index (χ1v) is 7.61. The van der Waals surface area contributed by atoms with E-state index in [2.05, 4.69) is 23.3 Å². The largest absolute Gasteiger partial charge is 0.370 e. The van der Waals surface area contributed by atoms with Crippen molar-refractivity contribution in [1.29, 1.82) is 0 Å². The third kappa shape index (κ3) is 3.15. The van der Waals surface area contributed by atoms with E-state index in [1.807, 2.05) is 12.1 Å². The summed E-state index contributed by atoms with van der Waals surface area (Å²) in [7, 11) is 0. The first-order valence-electron chi connectivity index (χ1n) is 6.79. The number of benzene rings is 1. The molecule has 1 amide bonds. The van der Waals surface area contributed by atoms with Crippen molar-refractivity contribution in [3.63, 3.8) is 0 Å². The molecule has 1 aliphatic rings. The van der Waals surface area contributed by atoms with Crippen LogP contribution in [0.15, 0.2) is 18.2 Å². The number of nitrogens with zero attached hydrogens (tertiary/aromatic N) is 1. The lowest BCUT2D eigenvalue weighted by Crippen LogP contribution is -3.15. The van der Waals surface area contributed by atoms with E-state index in [-0.39, 0.29) is 5.91 Å². The number of ether oxygens (including phenoxy) is 1. The van der Waals surface area contributed by atoms with Crippen LogP contribution < -0.4 is 10.2 Å². The average Bonchev–Trinajstić information content (AvgIpc) is 2.80. The number of carbonyl (C=O) groups excluding carboxylic acids is 1. The van der Waals surface area contributed by atoms with Crippen LogP contribution in [-0.4, -0.2) is 43.7 Å². The number of rotatable bonds is 3. The van der Waals surface area contributed by atoms with Gasteiger partial charge in [-0.3, -0.25) is 10.1 Å². The molecule has 1 aliphatic heterocycles. The van der Waals surface area contributed by atoms with Gasteiger partial charge in [-0.05, 0) is 24.6 Å². The van der Waals surface area contributed by atoms with Crippen molar-refractivity contribution in [2.45, 2.75) is 6.92 Å². The highest BCUT2D eigenvalue weighted by atomic mass is 32.1. The molecular weight excluding hydrogens is 274 g/mol. The van der Waals surface area contributed by atoms with Crippen LogP contribution in [0.2, 0.25) is 0 Å². The molecule has 2 heterocycles. The average molecular weight is 292 g/mol. The second kappa shape index (κ2) is 5.87. The smallest absolute Gasteiger partial charge is 0.281 e. The minimum atomic E-state index is 0.0256. The van der Waals surface area contributed by atoms with E-state index in [1.165, 1.54) is 21.8 Å². The van der Waals surface area contributed by atoms with E-state index in [4.69, 9.17) is 4.74 Å². The third-order valence-electron chi connectivity index (χ3n) is 3.40. The molecule has 5 nitrogen and oxygen atoms in total. The zero-order chi connectivity index (χ0) is 13.9. The Hall–Kier alpha value is -1.50. The number of fused-ring (bicyclic) bond motifs is 1. The van der Waals surface area contributed by atoms with E-state index >= 15 is 0 Å². The van der Waals surface area contributed by atoms with Gasteiger partial charge in [0.1, 0.15) is 13.1 Å². The second-order valence-electron chi connectivity index (χ2n) is 5.08. The van der Waals surface area contributed by atoms with Crippen LogP contribution in [0.1, 0.15) is 5.56 Å². The van der Waals surface area contributed by atoms with Gasteiger partial charge >= 0.3 is 0 Å². The molecule has 1 saturated heterocycles. The number of nitrogens with one attached hydrogen (secondary N) is 2. The third-order valence-corrected chi connectivity index (χ3v) is 4.33. The molecule has 1 aromatic heterocycles. The minimum absolute atomic E-state index is 0.0256. The minimum Gasteiger partial charge on any atom is -0.370 e. The lowest BCUT2D eigenvalue weighted by atomic mass is 10.2. The molecule has 2 N–H and O–H groups in total. The standard InChI is InChI=1S/C14H17N3O2S/c1-10-2-3-11-12(8-10)20-14(15-11)16-13(18)9-17-4-6-19-7-5-17/h2-3,8H,4-7,9H2,1H3,(H,15,16,18)/p+1. The molecule has 0 bridgehead atoms. The summed E-state index contributed by atoms with van der Waals surface area (Å²) >= 11 is 1.52. The SMILES string of the molecule is Cc1ccc2nc(NC(=O)C[NH+]3CCOCC3)sc2c1. The fraction of sp³-hybridized carbons (Fsp3) is 0.429. The number of quaternary nitrogens is 1. The lowest BCUT2D eigenvalue weighted by molar-refractivity contribution is -0.899. The summed E-state index contributed by atoms with van der Waals surface area (Å²) in [5.74, 6) is 0.0256. The molecule has 0 spiro atoms. The fourth-order valence-corrected chi connectivity index (χ4v) is 3.29. The predicted octanol–water partition coefficient (Wildman–Crippen LogP) is 0.458. The summed E-state index contributed by atoms with van der Waals surface area (Å²) in [5, 5.41) is 3.59. The molecule has 0 atom stereocenters. The van der Waals surface area contributed by atoms with Crippen molar-refractivity contribution < 1.29 is 14.4 Å². The van der Waals surface area contributed by atoms with Crippen molar-refractivity contribution in [3.8, 4) is 0 Å². The van der Waals surface area contributed by atoms with Gasteiger partial charge in [0.25, 0.3) is 5.91 Å². The zero-order valence-electron chi connectivity index (χ0n) is 11.4. The van der Waals surface area contributed by atoms with Gasteiger partial charge in [-0.2, -0.15) is 0 Å². The quantitative estimate of drug-likeness (QED) is 0.864. The second-order valence-corrected chi connectivity index (χ2v) is 6.11. The van der Waals surface area contributed by atoms with Crippen LogP contribution >= 0.6 is 11.3 Å². The summed E-state index contributed by atoms with van der Waals surface area (Å²) in [4.78, 5) is 17.7. The highest BCUT2D eigenvalue weighted by Gasteiger charge is 2.18. The van der Waals surface area contributed by atoms with E-state index < -0.39 is 0 Å². The van der Waals surface area contributed by atoms with E-state index in [0.717, 1.165) is 36.5 Å². The van der Waals surface area contributed by atoms with Crippen LogP contribution in [0, 0.1) is 6.92 Å². The van der Waals surface area contributed by atoms with Crippen LogP contribution in [-0.2, 0) is 9.53 Å². The summed E-state index contributed by atoms with van der Waals surface area (Å²) in [6, 6.07) is 6.12. The Morgan fingerprint density at radius 1 is 1.45 bits per heavy atom. The maximum absolute atomic E-state index is 12.0. The molecule has 20 heavy (non-hydrogen) atoms. The molecular formula is C14H18N3O2S+. The summed E-state index contributed by atoms with van der Waals surface area (Å²) in [6.07, 6.45) is 0. The van der Waals surface area contributed by atoms with Crippen LogP contribution in [0.3, 0.4) is 0 Å². The predicted molar refractivity (Wildman–Crippen MR) is 79.4 cm³/mol. The maximum Gasteiger partial charge on any atom is 0.281 e. The molecule has 2 aromatic rings. The number of morpholine rings is 1. The molecule has 1 aromatic carbocycles. The van der Waals surface area contributed by atoms with Gasteiger partial charge < -0.3 is 9.64 Å². The molecule has 1 fully saturated rings. The molecule has 0 radical (unpaired) electrons. The Labute approximate surface area is 121 Å². The highest BCUT2D eigenvalue weighted by Crippen LogP contribution is 2.26. The number of anilines is 1. The Kier molecular flexibility index (Phi) is 3.95. The molecule has 0 unspecified atom stereocenters. The van der Waals surface area contributed by atoms with Crippen LogP contribution in [0.5, 0.6) is 0 Å². The Morgan fingerprint density at radius 3 is 3.05 bits per heavy atom. The van der Waals surface area contributed by atoms with Gasteiger partial charge in [0.05, 0.1) is 23.4 Å².